The highest BCUT2D eigenvalue weighted by Crippen LogP contribution is 2.30. The molecule has 0 unspecified atom stereocenters. The maximum absolute atomic E-state index is 12.9. The highest BCUT2D eigenvalue weighted by atomic mass is 16.5. The Labute approximate surface area is 162 Å². The molecule has 1 heterocycles. The number of hydrogen-bond acceptors (Lipinski definition) is 5. The van der Waals surface area contributed by atoms with Gasteiger partial charge in [0, 0.05) is 0 Å². The average molecular weight is 380 g/mol. The Morgan fingerprint density at radius 1 is 1.07 bits per heavy atom. The molecule has 0 saturated carbocycles. The molecule has 7 heteroatoms. The summed E-state index contributed by atoms with van der Waals surface area (Å²) < 4.78 is 10.8. The number of nitrogens with one attached hydrogen (secondary N) is 1. The summed E-state index contributed by atoms with van der Waals surface area (Å²) in [6.45, 7) is 4.13. The van der Waals surface area contributed by atoms with Gasteiger partial charge in [0.15, 0.2) is 11.5 Å². The van der Waals surface area contributed by atoms with E-state index in [4.69, 9.17) is 9.47 Å². The number of methoxy groups -OCH3 is 1. The molecular weight excluding hydrogens is 360 g/mol. The van der Waals surface area contributed by atoms with Crippen molar-refractivity contribution in [2.45, 2.75) is 13.8 Å². The molecule has 1 aliphatic heterocycles. The smallest absolute Gasteiger partial charge is 0.335 e. The molecule has 0 aliphatic carbocycles. The molecule has 1 saturated heterocycles. The van der Waals surface area contributed by atoms with Crippen LogP contribution in [0.25, 0.3) is 6.08 Å². The average Bonchev–Trinajstić information content (AvgIpc) is 2.65. The second-order valence-corrected chi connectivity index (χ2v) is 6.14. The molecular formula is C21H20N2O5. The number of ether oxygens (including phenoxy) is 2. The van der Waals surface area contributed by atoms with Crippen molar-refractivity contribution in [3.63, 3.8) is 0 Å². The second kappa shape index (κ2) is 7.96. The third-order valence-corrected chi connectivity index (χ3v) is 4.16. The fourth-order valence-corrected chi connectivity index (χ4v) is 2.88. The lowest BCUT2D eigenvalue weighted by molar-refractivity contribution is -0.122. The third-order valence-electron chi connectivity index (χ3n) is 4.16. The van der Waals surface area contributed by atoms with E-state index in [2.05, 4.69) is 5.32 Å². The first-order valence-electron chi connectivity index (χ1n) is 8.73. The van der Waals surface area contributed by atoms with E-state index in [1.165, 1.54) is 13.2 Å². The van der Waals surface area contributed by atoms with Gasteiger partial charge >= 0.3 is 6.03 Å². The number of rotatable bonds is 5. The van der Waals surface area contributed by atoms with Crippen LogP contribution in [0.15, 0.2) is 48.0 Å². The van der Waals surface area contributed by atoms with Crippen molar-refractivity contribution in [2.24, 2.45) is 0 Å². The Hall–Kier alpha value is -3.61. The second-order valence-electron chi connectivity index (χ2n) is 6.14. The number of carbonyl (C=O) groups is 3. The summed E-state index contributed by atoms with van der Waals surface area (Å²) in [5.74, 6) is -0.393. The summed E-state index contributed by atoms with van der Waals surface area (Å²) in [7, 11) is 1.53. The number of urea groups is 1. The van der Waals surface area contributed by atoms with Crippen LogP contribution in [0.2, 0.25) is 0 Å². The number of imide groups is 2. The molecule has 144 valence electrons. The number of aryl methyl sites for hydroxylation is 1. The fourth-order valence-electron chi connectivity index (χ4n) is 2.88. The van der Waals surface area contributed by atoms with Gasteiger partial charge in [0.1, 0.15) is 5.57 Å². The number of amides is 4. The minimum atomic E-state index is -0.775. The van der Waals surface area contributed by atoms with Crippen LogP contribution in [0.3, 0.4) is 0 Å². The van der Waals surface area contributed by atoms with Crippen LogP contribution in [0.4, 0.5) is 10.5 Å². The van der Waals surface area contributed by atoms with E-state index in [-0.39, 0.29) is 5.57 Å². The fraction of sp³-hybridized carbons (Fsp3) is 0.190. The number of carbonyl (C=O) groups excluding carboxylic acids is 3. The Morgan fingerprint density at radius 3 is 2.54 bits per heavy atom. The Kier molecular flexibility index (Phi) is 5.44. The Bertz CT molecular complexity index is 981. The largest absolute Gasteiger partial charge is 0.493 e. The first-order valence-corrected chi connectivity index (χ1v) is 8.73. The highest BCUT2D eigenvalue weighted by Gasteiger charge is 2.36. The zero-order valence-corrected chi connectivity index (χ0v) is 15.8. The predicted octanol–water partition coefficient (Wildman–Crippen LogP) is 3.07. The van der Waals surface area contributed by atoms with E-state index in [0.717, 1.165) is 10.5 Å². The molecule has 0 radical (unpaired) electrons. The topological polar surface area (TPSA) is 84.9 Å². The monoisotopic (exact) mass is 380 g/mol. The summed E-state index contributed by atoms with van der Waals surface area (Å²) in [6.07, 6.45) is 1.43. The molecule has 2 aromatic carbocycles. The zero-order valence-electron chi connectivity index (χ0n) is 15.8. The van der Waals surface area contributed by atoms with Gasteiger partial charge in [0.05, 0.1) is 19.4 Å². The van der Waals surface area contributed by atoms with Gasteiger partial charge in [-0.15, -0.1) is 0 Å². The molecule has 4 amide bonds. The molecule has 2 aromatic rings. The van der Waals surface area contributed by atoms with Crippen molar-refractivity contribution in [2.75, 3.05) is 18.6 Å². The van der Waals surface area contributed by atoms with Gasteiger partial charge in [0.25, 0.3) is 11.8 Å². The molecule has 7 nitrogen and oxygen atoms in total. The summed E-state index contributed by atoms with van der Waals surface area (Å²) in [4.78, 5) is 38.4. The van der Waals surface area contributed by atoms with Gasteiger partial charge in [-0.2, -0.15) is 0 Å². The number of hydrogen-bond donors (Lipinski definition) is 1. The number of benzene rings is 2. The van der Waals surface area contributed by atoms with Gasteiger partial charge in [-0.3, -0.25) is 14.9 Å². The van der Waals surface area contributed by atoms with Crippen LogP contribution in [-0.4, -0.2) is 31.6 Å². The maximum atomic E-state index is 12.9. The zero-order chi connectivity index (χ0) is 20.3. The van der Waals surface area contributed by atoms with Gasteiger partial charge in [-0.1, -0.05) is 18.2 Å². The van der Waals surface area contributed by atoms with E-state index in [1.54, 1.807) is 36.4 Å². The molecule has 1 aliphatic rings. The van der Waals surface area contributed by atoms with E-state index in [9.17, 15) is 14.4 Å². The lowest BCUT2D eigenvalue weighted by Crippen LogP contribution is -2.54. The predicted molar refractivity (Wildman–Crippen MR) is 104 cm³/mol. The van der Waals surface area contributed by atoms with Gasteiger partial charge < -0.3 is 9.47 Å². The van der Waals surface area contributed by atoms with Crippen molar-refractivity contribution in [3.8, 4) is 11.5 Å². The maximum Gasteiger partial charge on any atom is 0.335 e. The number of nitrogens with zero attached hydrogens (tertiary/aromatic N) is 1. The lowest BCUT2D eigenvalue weighted by Gasteiger charge is -2.26. The van der Waals surface area contributed by atoms with Crippen LogP contribution in [0, 0.1) is 6.92 Å². The lowest BCUT2D eigenvalue weighted by atomic mass is 10.1. The van der Waals surface area contributed by atoms with Crippen molar-refractivity contribution < 1.29 is 23.9 Å². The normalized spacial score (nSPS) is 15.6. The molecule has 28 heavy (non-hydrogen) atoms. The Morgan fingerprint density at radius 2 is 1.86 bits per heavy atom. The van der Waals surface area contributed by atoms with Crippen LogP contribution >= 0.6 is 0 Å². The SMILES string of the molecule is CCOc1cc(/C=C2\C(=O)NC(=O)N(c3cccc(C)c3)C2=O)ccc1OC. The van der Waals surface area contributed by atoms with Gasteiger partial charge in [-0.05, 0) is 55.3 Å². The Balaban J connectivity index is 2.00. The molecule has 0 bridgehead atoms. The summed E-state index contributed by atoms with van der Waals surface area (Å²) >= 11 is 0. The summed E-state index contributed by atoms with van der Waals surface area (Å²) in [5.41, 5.74) is 1.71. The van der Waals surface area contributed by atoms with Crippen LogP contribution < -0.4 is 19.7 Å². The van der Waals surface area contributed by atoms with Crippen LogP contribution in [0.1, 0.15) is 18.1 Å². The summed E-state index contributed by atoms with van der Waals surface area (Å²) in [6, 6.07) is 11.2. The quantitative estimate of drug-likeness (QED) is 0.637. The van der Waals surface area contributed by atoms with Crippen LogP contribution in [-0.2, 0) is 9.59 Å². The van der Waals surface area contributed by atoms with Gasteiger partial charge in [0.2, 0.25) is 0 Å². The third kappa shape index (κ3) is 3.73. The van der Waals surface area contributed by atoms with E-state index < -0.39 is 17.8 Å². The molecule has 3 rings (SSSR count). The van der Waals surface area contributed by atoms with E-state index in [1.807, 2.05) is 19.9 Å². The summed E-state index contributed by atoms with van der Waals surface area (Å²) in [5, 5.41) is 2.21. The van der Waals surface area contributed by atoms with Crippen LogP contribution in [0.5, 0.6) is 11.5 Å². The van der Waals surface area contributed by atoms with Crippen molar-refractivity contribution in [3.05, 3.63) is 59.2 Å². The molecule has 1 N–H and O–H groups in total. The number of barbiturate groups is 1. The molecule has 0 atom stereocenters. The van der Waals surface area contributed by atoms with E-state index >= 15 is 0 Å². The standard InChI is InChI=1S/C21H20N2O5/c1-4-28-18-12-14(8-9-17(18)27-3)11-16-19(24)22-21(26)23(20(16)25)15-7-5-6-13(2)10-15/h5-12H,4H2,1-3H3,(H,22,24,26)/b16-11+. The minimum Gasteiger partial charge on any atom is -0.493 e. The van der Waals surface area contributed by atoms with E-state index in [0.29, 0.717) is 29.4 Å². The first kappa shape index (κ1) is 19.2. The number of anilines is 1. The van der Waals surface area contributed by atoms with Crippen molar-refractivity contribution in [1.82, 2.24) is 5.32 Å². The molecule has 1 fully saturated rings. The minimum absolute atomic E-state index is 0.145. The van der Waals surface area contributed by atoms with Crippen molar-refractivity contribution in [1.29, 1.82) is 0 Å². The first-order chi connectivity index (χ1) is 13.4. The van der Waals surface area contributed by atoms with Crippen molar-refractivity contribution >= 4 is 29.6 Å². The highest BCUT2D eigenvalue weighted by molar-refractivity contribution is 6.39. The molecule has 0 spiro atoms. The molecule has 0 aromatic heterocycles. The van der Waals surface area contributed by atoms with Gasteiger partial charge in [-0.25, -0.2) is 9.69 Å².